The van der Waals surface area contributed by atoms with Gasteiger partial charge in [0.05, 0.1) is 6.61 Å². The predicted molar refractivity (Wildman–Crippen MR) is 69.7 cm³/mol. The lowest BCUT2D eigenvalue weighted by atomic mass is 9.99. The summed E-state index contributed by atoms with van der Waals surface area (Å²) in [7, 11) is 2.13. The normalized spacial score (nSPS) is 21.9. The average Bonchev–Trinajstić information content (AvgIpc) is 2.83. The zero-order chi connectivity index (χ0) is 12.1. The van der Waals surface area contributed by atoms with Crippen LogP contribution in [0.15, 0.2) is 30.3 Å². The van der Waals surface area contributed by atoms with Crippen LogP contribution in [0.4, 0.5) is 0 Å². The zero-order valence-corrected chi connectivity index (χ0v) is 10.5. The maximum atomic E-state index is 6.21. The number of ether oxygens (including phenoxy) is 1. The van der Waals surface area contributed by atoms with E-state index in [0.29, 0.717) is 5.92 Å². The minimum atomic E-state index is 0.228. The molecule has 0 radical (unpaired) electrons. The topological polar surface area (TPSA) is 38.5 Å². The van der Waals surface area contributed by atoms with Gasteiger partial charge in [-0.3, -0.25) is 0 Å². The lowest BCUT2D eigenvalue weighted by Gasteiger charge is -2.24. The molecule has 0 amide bonds. The van der Waals surface area contributed by atoms with Gasteiger partial charge in [-0.1, -0.05) is 30.3 Å². The molecule has 1 saturated heterocycles. The van der Waals surface area contributed by atoms with Crippen LogP contribution in [-0.4, -0.2) is 37.7 Å². The Morgan fingerprint density at radius 3 is 2.82 bits per heavy atom. The van der Waals surface area contributed by atoms with Gasteiger partial charge in [0.25, 0.3) is 0 Å². The van der Waals surface area contributed by atoms with Crippen LogP contribution in [0.2, 0.25) is 0 Å². The van der Waals surface area contributed by atoms with Crippen molar-refractivity contribution in [3.8, 4) is 0 Å². The highest BCUT2D eigenvalue weighted by molar-refractivity contribution is 5.14. The van der Waals surface area contributed by atoms with Crippen molar-refractivity contribution >= 4 is 0 Å². The minimum Gasteiger partial charge on any atom is -0.381 e. The fraction of sp³-hybridized carbons (Fsp3) is 0.571. The molecule has 3 nitrogen and oxygen atoms in total. The Bertz CT molecular complexity index is 322. The molecule has 1 fully saturated rings. The number of rotatable bonds is 5. The molecule has 0 saturated carbocycles. The van der Waals surface area contributed by atoms with Gasteiger partial charge in [0.2, 0.25) is 0 Å². The van der Waals surface area contributed by atoms with Crippen LogP contribution in [0.5, 0.6) is 0 Å². The third kappa shape index (κ3) is 3.80. The van der Waals surface area contributed by atoms with Gasteiger partial charge in [0.1, 0.15) is 0 Å². The lowest BCUT2D eigenvalue weighted by Crippen LogP contribution is -2.40. The average molecular weight is 234 g/mol. The van der Waals surface area contributed by atoms with Crippen molar-refractivity contribution in [3.63, 3.8) is 0 Å². The summed E-state index contributed by atoms with van der Waals surface area (Å²) in [6, 6.07) is 10.7. The molecular weight excluding hydrogens is 212 g/mol. The van der Waals surface area contributed by atoms with Gasteiger partial charge in [0.15, 0.2) is 0 Å². The van der Waals surface area contributed by atoms with Gasteiger partial charge in [-0.2, -0.15) is 0 Å². The molecular formula is C14H22N2O. The van der Waals surface area contributed by atoms with E-state index < -0.39 is 0 Å². The molecule has 2 unspecified atom stereocenters. The summed E-state index contributed by atoms with van der Waals surface area (Å²) in [4.78, 5) is 2.29. The van der Waals surface area contributed by atoms with Crippen molar-refractivity contribution in [2.24, 2.45) is 11.7 Å². The zero-order valence-electron chi connectivity index (χ0n) is 10.5. The smallest absolute Gasteiger partial charge is 0.0510 e. The van der Waals surface area contributed by atoms with Crippen LogP contribution in [-0.2, 0) is 11.3 Å². The van der Waals surface area contributed by atoms with E-state index in [2.05, 4.69) is 36.2 Å². The molecule has 2 N–H and O–H groups in total. The molecule has 0 aliphatic carbocycles. The summed E-state index contributed by atoms with van der Waals surface area (Å²) < 4.78 is 5.38. The molecule has 1 heterocycles. The molecule has 94 valence electrons. The Hall–Kier alpha value is -0.900. The van der Waals surface area contributed by atoms with Crippen LogP contribution in [0, 0.1) is 5.92 Å². The molecule has 17 heavy (non-hydrogen) atoms. The summed E-state index contributed by atoms with van der Waals surface area (Å²) in [6.07, 6.45) is 1.11. The minimum absolute atomic E-state index is 0.228. The maximum absolute atomic E-state index is 6.21. The number of nitrogens with zero attached hydrogens (tertiary/aromatic N) is 1. The van der Waals surface area contributed by atoms with Gasteiger partial charge >= 0.3 is 0 Å². The SMILES string of the molecule is CN(Cc1ccccc1)CC(N)C1CCOC1. The van der Waals surface area contributed by atoms with Gasteiger partial charge in [-0.15, -0.1) is 0 Å². The summed E-state index contributed by atoms with van der Waals surface area (Å²) in [5.74, 6) is 0.535. The highest BCUT2D eigenvalue weighted by Crippen LogP contribution is 2.16. The van der Waals surface area contributed by atoms with E-state index in [0.717, 1.165) is 32.7 Å². The predicted octanol–water partition coefficient (Wildman–Crippen LogP) is 1.48. The summed E-state index contributed by atoms with van der Waals surface area (Å²) in [6.45, 7) is 3.60. The van der Waals surface area contributed by atoms with Gasteiger partial charge in [0, 0.05) is 31.7 Å². The Morgan fingerprint density at radius 2 is 2.18 bits per heavy atom. The summed E-state index contributed by atoms with van der Waals surface area (Å²) in [5, 5.41) is 0. The second kappa shape index (κ2) is 6.15. The van der Waals surface area contributed by atoms with Gasteiger partial charge < -0.3 is 15.4 Å². The van der Waals surface area contributed by atoms with E-state index in [1.54, 1.807) is 0 Å². The van der Waals surface area contributed by atoms with Gasteiger partial charge in [-0.05, 0) is 19.0 Å². The first-order valence-corrected chi connectivity index (χ1v) is 6.31. The Kier molecular flexibility index (Phi) is 4.54. The fourth-order valence-electron chi connectivity index (χ4n) is 2.36. The number of benzene rings is 1. The second-order valence-corrected chi connectivity index (χ2v) is 4.97. The highest BCUT2D eigenvalue weighted by Gasteiger charge is 2.23. The Balaban J connectivity index is 1.78. The van der Waals surface area contributed by atoms with Crippen LogP contribution >= 0.6 is 0 Å². The lowest BCUT2D eigenvalue weighted by molar-refractivity contribution is 0.173. The van der Waals surface area contributed by atoms with Crippen molar-refractivity contribution in [2.45, 2.75) is 19.0 Å². The first-order valence-electron chi connectivity index (χ1n) is 6.31. The molecule has 0 spiro atoms. The van der Waals surface area contributed by atoms with Crippen LogP contribution in [0.25, 0.3) is 0 Å². The standard InChI is InChI=1S/C14H22N2O/c1-16(9-12-5-3-2-4-6-12)10-14(15)13-7-8-17-11-13/h2-6,13-14H,7-11,15H2,1H3. The van der Waals surface area contributed by atoms with Crippen molar-refractivity contribution in [3.05, 3.63) is 35.9 Å². The van der Waals surface area contributed by atoms with Crippen molar-refractivity contribution in [1.82, 2.24) is 4.90 Å². The van der Waals surface area contributed by atoms with Crippen LogP contribution < -0.4 is 5.73 Å². The van der Waals surface area contributed by atoms with Gasteiger partial charge in [-0.25, -0.2) is 0 Å². The van der Waals surface area contributed by atoms with E-state index in [9.17, 15) is 0 Å². The Morgan fingerprint density at radius 1 is 1.41 bits per heavy atom. The highest BCUT2D eigenvalue weighted by atomic mass is 16.5. The number of hydrogen-bond donors (Lipinski definition) is 1. The number of hydrogen-bond acceptors (Lipinski definition) is 3. The van der Waals surface area contributed by atoms with Crippen LogP contribution in [0.1, 0.15) is 12.0 Å². The Labute approximate surface area is 104 Å². The molecule has 1 aromatic carbocycles. The third-order valence-corrected chi connectivity index (χ3v) is 3.39. The van der Waals surface area contributed by atoms with Crippen molar-refractivity contribution in [1.29, 1.82) is 0 Å². The van der Waals surface area contributed by atoms with E-state index in [1.807, 2.05) is 6.07 Å². The molecule has 1 aliphatic heterocycles. The monoisotopic (exact) mass is 234 g/mol. The fourth-order valence-corrected chi connectivity index (χ4v) is 2.36. The second-order valence-electron chi connectivity index (χ2n) is 4.97. The van der Waals surface area contributed by atoms with E-state index in [1.165, 1.54) is 5.56 Å². The molecule has 0 aromatic heterocycles. The summed E-state index contributed by atoms with van der Waals surface area (Å²) in [5.41, 5.74) is 7.55. The number of likely N-dealkylation sites (N-methyl/N-ethyl adjacent to an activating group) is 1. The van der Waals surface area contributed by atoms with E-state index in [4.69, 9.17) is 10.5 Å². The molecule has 2 rings (SSSR count). The molecule has 1 aromatic rings. The van der Waals surface area contributed by atoms with Crippen LogP contribution in [0.3, 0.4) is 0 Å². The largest absolute Gasteiger partial charge is 0.381 e. The maximum Gasteiger partial charge on any atom is 0.0510 e. The molecule has 3 heteroatoms. The van der Waals surface area contributed by atoms with E-state index in [-0.39, 0.29) is 6.04 Å². The van der Waals surface area contributed by atoms with Crippen molar-refractivity contribution < 1.29 is 4.74 Å². The van der Waals surface area contributed by atoms with E-state index >= 15 is 0 Å². The molecule has 0 bridgehead atoms. The first-order chi connectivity index (χ1) is 8.25. The van der Waals surface area contributed by atoms with Crippen molar-refractivity contribution in [2.75, 3.05) is 26.8 Å². The quantitative estimate of drug-likeness (QED) is 0.838. The number of nitrogens with two attached hydrogens (primary N) is 1. The summed E-state index contributed by atoms with van der Waals surface area (Å²) >= 11 is 0. The molecule has 2 atom stereocenters. The molecule has 1 aliphatic rings. The first kappa shape index (κ1) is 12.6. The third-order valence-electron chi connectivity index (χ3n) is 3.39.